The molecule has 2 rings (SSSR count). The molecule has 0 spiro atoms. The largest absolute Gasteiger partial charge is 0.507 e. The summed E-state index contributed by atoms with van der Waals surface area (Å²) in [6.45, 7) is -0.193. The zero-order valence-corrected chi connectivity index (χ0v) is 14.1. The second kappa shape index (κ2) is 8.28. The zero-order valence-electron chi connectivity index (χ0n) is 12.0. The van der Waals surface area contributed by atoms with E-state index in [1.54, 1.807) is 30.3 Å². The summed E-state index contributed by atoms with van der Waals surface area (Å²) in [4.78, 5) is 23.6. The molecule has 6 nitrogen and oxygen atoms in total. The number of para-hydroxylation sites is 1. The van der Waals surface area contributed by atoms with E-state index < -0.39 is 5.91 Å². The Labute approximate surface area is 146 Å². The minimum absolute atomic E-state index is 0.0671. The van der Waals surface area contributed by atoms with Crippen molar-refractivity contribution in [2.24, 2.45) is 5.10 Å². The molecule has 0 heterocycles. The molecule has 2 amide bonds. The first-order valence-corrected chi connectivity index (χ1v) is 7.78. The molecule has 3 N–H and O–H groups in total. The van der Waals surface area contributed by atoms with Crippen LogP contribution in [0.3, 0.4) is 0 Å². The number of hydrogen-bond donors (Lipinski definition) is 3. The Hall–Kier alpha value is -2.42. The summed E-state index contributed by atoms with van der Waals surface area (Å²) < 4.78 is 0.806. The zero-order chi connectivity index (χ0) is 16.7. The van der Waals surface area contributed by atoms with Crippen LogP contribution in [-0.4, -0.2) is 29.7 Å². The van der Waals surface area contributed by atoms with Gasteiger partial charge < -0.3 is 10.4 Å². The maximum atomic E-state index is 11.9. The molecule has 0 atom stereocenters. The molecule has 0 saturated carbocycles. The SMILES string of the molecule is O=C(CNC(=O)c1ccccc1I)N/N=C/c1ccccc1O. The number of phenols is 1. The number of nitrogens with zero attached hydrogens (tertiary/aromatic N) is 1. The Morgan fingerprint density at radius 1 is 1.13 bits per heavy atom. The lowest BCUT2D eigenvalue weighted by atomic mass is 10.2. The van der Waals surface area contributed by atoms with E-state index in [-0.39, 0.29) is 18.2 Å². The number of carbonyl (C=O) groups is 2. The Morgan fingerprint density at radius 3 is 2.57 bits per heavy atom. The van der Waals surface area contributed by atoms with E-state index in [0.717, 1.165) is 3.57 Å². The van der Waals surface area contributed by atoms with Crippen LogP contribution in [0.4, 0.5) is 0 Å². The second-order valence-corrected chi connectivity index (χ2v) is 5.68. The van der Waals surface area contributed by atoms with Gasteiger partial charge in [0.2, 0.25) is 0 Å². The van der Waals surface area contributed by atoms with Crippen LogP contribution >= 0.6 is 22.6 Å². The van der Waals surface area contributed by atoms with Crippen LogP contribution in [-0.2, 0) is 4.79 Å². The number of nitrogens with one attached hydrogen (secondary N) is 2. The van der Waals surface area contributed by atoms with Gasteiger partial charge >= 0.3 is 0 Å². The summed E-state index contributed by atoms with van der Waals surface area (Å²) in [7, 11) is 0. The van der Waals surface area contributed by atoms with E-state index in [4.69, 9.17) is 0 Å². The average Bonchev–Trinajstić information content (AvgIpc) is 2.55. The van der Waals surface area contributed by atoms with Gasteiger partial charge in [0.15, 0.2) is 0 Å². The fourth-order valence-corrected chi connectivity index (χ4v) is 2.34. The van der Waals surface area contributed by atoms with Gasteiger partial charge in [0, 0.05) is 9.13 Å². The summed E-state index contributed by atoms with van der Waals surface area (Å²) in [6.07, 6.45) is 1.33. The first kappa shape index (κ1) is 16.9. The lowest BCUT2D eigenvalue weighted by Gasteiger charge is -2.05. The van der Waals surface area contributed by atoms with Gasteiger partial charge in [-0.1, -0.05) is 24.3 Å². The van der Waals surface area contributed by atoms with Crippen LogP contribution in [0.5, 0.6) is 5.75 Å². The van der Waals surface area contributed by atoms with Crippen LogP contribution in [0.1, 0.15) is 15.9 Å². The van der Waals surface area contributed by atoms with E-state index in [1.165, 1.54) is 12.3 Å². The number of aromatic hydroxyl groups is 1. The number of phenolic OH excluding ortho intramolecular Hbond substituents is 1. The fourth-order valence-electron chi connectivity index (χ4n) is 1.71. The quantitative estimate of drug-likeness (QED) is 0.390. The second-order valence-electron chi connectivity index (χ2n) is 4.51. The smallest absolute Gasteiger partial charge is 0.259 e. The summed E-state index contributed by atoms with van der Waals surface area (Å²) in [5, 5.41) is 15.8. The number of hydrogen-bond acceptors (Lipinski definition) is 4. The summed E-state index contributed by atoms with van der Waals surface area (Å²) in [5.41, 5.74) is 3.28. The third-order valence-electron chi connectivity index (χ3n) is 2.86. The number of amides is 2. The Morgan fingerprint density at radius 2 is 1.83 bits per heavy atom. The molecule has 2 aromatic rings. The van der Waals surface area contributed by atoms with Crippen molar-refractivity contribution in [1.82, 2.24) is 10.7 Å². The molecule has 0 saturated heterocycles. The van der Waals surface area contributed by atoms with Crippen LogP contribution in [0.15, 0.2) is 53.6 Å². The van der Waals surface area contributed by atoms with Crippen molar-refractivity contribution in [3.05, 3.63) is 63.2 Å². The topological polar surface area (TPSA) is 90.8 Å². The predicted octanol–water partition coefficient (Wildman–Crippen LogP) is 1.88. The van der Waals surface area contributed by atoms with Crippen molar-refractivity contribution in [3.8, 4) is 5.75 Å². The highest BCUT2D eigenvalue weighted by Crippen LogP contribution is 2.12. The summed E-state index contributed by atoms with van der Waals surface area (Å²) in [5.74, 6) is -0.719. The summed E-state index contributed by atoms with van der Waals surface area (Å²) in [6, 6.07) is 13.7. The van der Waals surface area contributed by atoms with E-state index in [9.17, 15) is 14.7 Å². The molecule has 0 fully saturated rings. The molecule has 2 aromatic carbocycles. The Bertz CT molecular complexity index is 747. The first-order chi connectivity index (χ1) is 11.1. The van der Waals surface area contributed by atoms with E-state index in [1.807, 2.05) is 12.1 Å². The summed E-state index contributed by atoms with van der Waals surface area (Å²) >= 11 is 2.06. The molecular formula is C16H14IN3O3. The Balaban J connectivity index is 1.83. The molecule has 118 valence electrons. The van der Waals surface area contributed by atoms with Crippen molar-refractivity contribution in [2.45, 2.75) is 0 Å². The molecule has 0 aliphatic carbocycles. The average molecular weight is 423 g/mol. The molecular weight excluding hydrogens is 409 g/mol. The standard InChI is InChI=1S/C16H14IN3O3/c17-13-7-3-2-6-12(13)16(23)18-10-15(22)20-19-9-11-5-1-4-8-14(11)21/h1-9,21H,10H2,(H,18,23)(H,20,22)/b19-9+. The number of halogens is 1. The van der Waals surface area contributed by atoms with Crippen molar-refractivity contribution in [2.75, 3.05) is 6.54 Å². The molecule has 0 aromatic heterocycles. The minimum Gasteiger partial charge on any atom is -0.507 e. The third-order valence-corrected chi connectivity index (χ3v) is 3.80. The molecule has 0 bridgehead atoms. The van der Waals surface area contributed by atoms with E-state index in [2.05, 4.69) is 38.4 Å². The van der Waals surface area contributed by atoms with Gasteiger partial charge in [0.1, 0.15) is 5.75 Å². The Kier molecular flexibility index (Phi) is 6.10. The van der Waals surface area contributed by atoms with Gasteiger partial charge in [-0.2, -0.15) is 5.10 Å². The van der Waals surface area contributed by atoms with Gasteiger partial charge in [0.25, 0.3) is 11.8 Å². The van der Waals surface area contributed by atoms with Crippen LogP contribution < -0.4 is 10.7 Å². The van der Waals surface area contributed by atoms with Gasteiger partial charge in [0.05, 0.1) is 18.3 Å². The molecule has 0 radical (unpaired) electrons. The molecule has 0 unspecified atom stereocenters. The van der Waals surface area contributed by atoms with Crippen molar-refractivity contribution < 1.29 is 14.7 Å². The van der Waals surface area contributed by atoms with Crippen LogP contribution in [0.2, 0.25) is 0 Å². The molecule has 0 aliphatic heterocycles. The van der Waals surface area contributed by atoms with Crippen molar-refractivity contribution >= 4 is 40.6 Å². The lowest BCUT2D eigenvalue weighted by molar-refractivity contribution is -0.120. The van der Waals surface area contributed by atoms with Crippen molar-refractivity contribution in [1.29, 1.82) is 0 Å². The van der Waals surface area contributed by atoms with Crippen molar-refractivity contribution in [3.63, 3.8) is 0 Å². The number of carbonyl (C=O) groups excluding carboxylic acids is 2. The molecule has 0 aliphatic rings. The minimum atomic E-state index is -0.462. The lowest BCUT2D eigenvalue weighted by Crippen LogP contribution is -2.35. The number of hydrazone groups is 1. The maximum absolute atomic E-state index is 11.9. The highest BCUT2D eigenvalue weighted by molar-refractivity contribution is 14.1. The van der Waals surface area contributed by atoms with E-state index >= 15 is 0 Å². The van der Waals surface area contributed by atoms with E-state index in [0.29, 0.717) is 11.1 Å². The normalized spacial score (nSPS) is 10.5. The van der Waals surface area contributed by atoms with Gasteiger partial charge in [-0.15, -0.1) is 0 Å². The van der Waals surface area contributed by atoms with Crippen LogP contribution in [0.25, 0.3) is 0 Å². The van der Waals surface area contributed by atoms with Crippen LogP contribution in [0, 0.1) is 3.57 Å². The van der Waals surface area contributed by atoms with Gasteiger partial charge in [-0.3, -0.25) is 9.59 Å². The number of benzene rings is 2. The predicted molar refractivity (Wildman–Crippen MR) is 95.3 cm³/mol. The number of rotatable bonds is 5. The highest BCUT2D eigenvalue weighted by Gasteiger charge is 2.10. The van der Waals surface area contributed by atoms with Gasteiger partial charge in [-0.05, 0) is 46.9 Å². The first-order valence-electron chi connectivity index (χ1n) is 6.70. The molecule has 7 heteroatoms. The van der Waals surface area contributed by atoms with Gasteiger partial charge in [-0.25, -0.2) is 5.43 Å². The highest BCUT2D eigenvalue weighted by atomic mass is 127. The third kappa shape index (κ3) is 5.06. The molecule has 23 heavy (non-hydrogen) atoms. The monoisotopic (exact) mass is 423 g/mol. The fraction of sp³-hybridized carbons (Fsp3) is 0.0625. The maximum Gasteiger partial charge on any atom is 0.259 e.